The Labute approximate surface area is 146 Å². The van der Waals surface area contributed by atoms with Crippen molar-refractivity contribution < 1.29 is 9.47 Å². The molecule has 3 heterocycles. The van der Waals surface area contributed by atoms with E-state index >= 15 is 0 Å². The van der Waals surface area contributed by atoms with Crippen LogP contribution in [-0.2, 0) is 0 Å². The molecule has 2 aliphatic rings. The fourth-order valence-electron chi connectivity index (χ4n) is 2.86. The van der Waals surface area contributed by atoms with Crippen molar-refractivity contribution in [1.82, 2.24) is 9.88 Å². The molecule has 1 aromatic heterocycles. The van der Waals surface area contributed by atoms with E-state index in [-0.39, 0.29) is 6.79 Å². The zero-order valence-electron chi connectivity index (χ0n) is 13.1. The minimum atomic E-state index is 0.277. The number of rotatable bonds is 2. The number of nitrogens with one attached hydrogen (secondary N) is 1. The Morgan fingerprint density at radius 2 is 1.88 bits per heavy atom. The molecule has 1 saturated heterocycles. The molecule has 0 spiro atoms. The van der Waals surface area contributed by atoms with Crippen LogP contribution in [0.3, 0.4) is 0 Å². The maximum Gasteiger partial charge on any atom is 0.231 e. The summed E-state index contributed by atoms with van der Waals surface area (Å²) in [7, 11) is 0. The molecule has 0 unspecified atom stereocenters. The van der Waals surface area contributed by atoms with Gasteiger partial charge in [-0.15, -0.1) is 0 Å². The largest absolute Gasteiger partial charge is 0.454 e. The summed E-state index contributed by atoms with van der Waals surface area (Å²) in [5.74, 6) is 2.55. The number of pyridine rings is 1. The van der Waals surface area contributed by atoms with Crippen molar-refractivity contribution in [2.24, 2.45) is 0 Å². The summed E-state index contributed by atoms with van der Waals surface area (Å²) in [4.78, 5) is 8.86. The maximum absolute atomic E-state index is 5.55. The third-order valence-corrected chi connectivity index (χ3v) is 4.52. The molecule has 0 bridgehead atoms. The third-order valence-electron chi connectivity index (χ3n) is 4.16. The zero-order valence-corrected chi connectivity index (χ0v) is 14.0. The van der Waals surface area contributed by atoms with Gasteiger partial charge in [0.15, 0.2) is 16.6 Å². The first-order chi connectivity index (χ1) is 11.8. The van der Waals surface area contributed by atoms with Gasteiger partial charge in [0.1, 0.15) is 5.82 Å². The van der Waals surface area contributed by atoms with Gasteiger partial charge < -0.3 is 24.6 Å². The van der Waals surface area contributed by atoms with E-state index in [9.17, 15) is 0 Å². The first-order valence-corrected chi connectivity index (χ1v) is 8.32. The normalized spacial score (nSPS) is 16.2. The first-order valence-electron chi connectivity index (χ1n) is 7.91. The highest BCUT2D eigenvalue weighted by molar-refractivity contribution is 7.80. The maximum atomic E-state index is 5.55. The highest BCUT2D eigenvalue weighted by atomic mass is 32.1. The molecule has 0 atom stereocenters. The summed E-state index contributed by atoms with van der Waals surface area (Å²) in [5, 5.41) is 4.01. The van der Waals surface area contributed by atoms with Crippen molar-refractivity contribution in [2.45, 2.75) is 0 Å². The Bertz CT molecular complexity index is 733. The molecule has 0 amide bonds. The lowest BCUT2D eigenvalue weighted by Gasteiger charge is -2.36. The molecule has 0 aliphatic carbocycles. The van der Waals surface area contributed by atoms with Gasteiger partial charge in [-0.1, -0.05) is 6.07 Å². The van der Waals surface area contributed by atoms with Gasteiger partial charge in [-0.2, -0.15) is 0 Å². The van der Waals surface area contributed by atoms with Gasteiger partial charge in [-0.05, 0) is 36.5 Å². The zero-order chi connectivity index (χ0) is 16.4. The lowest BCUT2D eigenvalue weighted by Crippen LogP contribution is -2.50. The molecule has 0 radical (unpaired) electrons. The smallest absolute Gasteiger partial charge is 0.231 e. The van der Waals surface area contributed by atoms with E-state index in [1.165, 1.54) is 0 Å². The second-order valence-corrected chi connectivity index (χ2v) is 6.05. The Hall–Kier alpha value is -2.54. The molecule has 1 fully saturated rings. The fourth-order valence-corrected chi connectivity index (χ4v) is 3.16. The lowest BCUT2D eigenvalue weighted by atomic mass is 10.2. The van der Waals surface area contributed by atoms with Crippen LogP contribution in [0.4, 0.5) is 11.5 Å². The molecule has 2 aliphatic heterocycles. The number of fused-ring (bicyclic) bond motifs is 1. The Kier molecular flexibility index (Phi) is 4.08. The molecule has 4 rings (SSSR count). The molecular formula is C17H18N4O2S. The third kappa shape index (κ3) is 3.07. The number of piperazine rings is 1. The monoisotopic (exact) mass is 342 g/mol. The second-order valence-electron chi connectivity index (χ2n) is 5.66. The minimum absolute atomic E-state index is 0.277. The second kappa shape index (κ2) is 6.52. The average Bonchev–Trinajstić information content (AvgIpc) is 3.10. The lowest BCUT2D eigenvalue weighted by molar-refractivity contribution is 0.174. The summed E-state index contributed by atoms with van der Waals surface area (Å²) in [6, 6.07) is 11.7. The van der Waals surface area contributed by atoms with Crippen LogP contribution in [-0.4, -0.2) is 48.0 Å². The predicted octanol–water partition coefficient (Wildman–Crippen LogP) is 2.33. The van der Waals surface area contributed by atoms with Crippen molar-refractivity contribution in [3.05, 3.63) is 42.6 Å². The van der Waals surface area contributed by atoms with Crippen LogP contribution < -0.4 is 19.7 Å². The van der Waals surface area contributed by atoms with E-state index in [0.717, 1.165) is 54.3 Å². The number of nitrogens with zero attached hydrogens (tertiary/aromatic N) is 3. The van der Waals surface area contributed by atoms with Gasteiger partial charge in [0.05, 0.1) is 0 Å². The van der Waals surface area contributed by atoms with Gasteiger partial charge in [0, 0.05) is 44.1 Å². The number of benzene rings is 1. The molecule has 1 aromatic carbocycles. The molecule has 7 heteroatoms. The van der Waals surface area contributed by atoms with Crippen LogP contribution >= 0.6 is 12.2 Å². The fraction of sp³-hybridized carbons (Fsp3) is 0.294. The number of hydrogen-bond acceptors (Lipinski definition) is 5. The molecule has 24 heavy (non-hydrogen) atoms. The predicted molar refractivity (Wildman–Crippen MR) is 96.8 cm³/mol. The summed E-state index contributed by atoms with van der Waals surface area (Å²) in [6.45, 7) is 3.82. The van der Waals surface area contributed by atoms with Gasteiger partial charge in [-0.3, -0.25) is 0 Å². The quantitative estimate of drug-likeness (QED) is 0.841. The molecule has 124 valence electrons. The number of aromatic nitrogens is 1. The SMILES string of the molecule is S=C(Nc1ccc2c(c1)OCO2)N1CCN(c2ccccn2)CC1. The first kappa shape index (κ1) is 15.0. The van der Waals surface area contributed by atoms with E-state index in [1.54, 1.807) is 0 Å². The van der Waals surface area contributed by atoms with Crippen LogP contribution in [0.25, 0.3) is 0 Å². The van der Waals surface area contributed by atoms with E-state index in [2.05, 4.69) is 20.1 Å². The van der Waals surface area contributed by atoms with Crippen molar-refractivity contribution in [1.29, 1.82) is 0 Å². The van der Waals surface area contributed by atoms with Crippen molar-refractivity contribution >= 4 is 28.8 Å². The molecule has 6 nitrogen and oxygen atoms in total. The highest BCUT2D eigenvalue weighted by Crippen LogP contribution is 2.34. The Morgan fingerprint density at radius 1 is 1.04 bits per heavy atom. The summed E-state index contributed by atoms with van der Waals surface area (Å²) < 4.78 is 10.7. The van der Waals surface area contributed by atoms with E-state index in [4.69, 9.17) is 21.7 Å². The topological polar surface area (TPSA) is 49.9 Å². The van der Waals surface area contributed by atoms with E-state index in [0.29, 0.717) is 0 Å². The number of anilines is 2. The van der Waals surface area contributed by atoms with Crippen molar-refractivity contribution in [2.75, 3.05) is 43.2 Å². The van der Waals surface area contributed by atoms with Crippen molar-refractivity contribution in [3.63, 3.8) is 0 Å². The van der Waals surface area contributed by atoms with Crippen LogP contribution in [0, 0.1) is 0 Å². The molecular weight excluding hydrogens is 324 g/mol. The van der Waals surface area contributed by atoms with Gasteiger partial charge in [-0.25, -0.2) is 4.98 Å². The standard InChI is InChI=1S/C17H18N4O2S/c24-17(19-13-4-5-14-15(11-13)23-12-22-14)21-9-7-20(8-10-21)16-3-1-2-6-18-16/h1-6,11H,7-10,12H2,(H,19,24). The summed E-state index contributed by atoms with van der Waals surface area (Å²) in [6.07, 6.45) is 1.83. The Morgan fingerprint density at radius 3 is 2.67 bits per heavy atom. The van der Waals surface area contributed by atoms with Crippen LogP contribution in [0.15, 0.2) is 42.6 Å². The van der Waals surface area contributed by atoms with Gasteiger partial charge >= 0.3 is 0 Å². The van der Waals surface area contributed by atoms with E-state index in [1.807, 2.05) is 42.6 Å². The van der Waals surface area contributed by atoms with Crippen LogP contribution in [0.2, 0.25) is 0 Å². The molecule has 1 N–H and O–H groups in total. The van der Waals surface area contributed by atoms with Crippen LogP contribution in [0.5, 0.6) is 11.5 Å². The van der Waals surface area contributed by atoms with E-state index < -0.39 is 0 Å². The number of thiocarbonyl (C=S) groups is 1. The minimum Gasteiger partial charge on any atom is -0.454 e. The van der Waals surface area contributed by atoms with Crippen LogP contribution in [0.1, 0.15) is 0 Å². The van der Waals surface area contributed by atoms with Gasteiger partial charge in [0.2, 0.25) is 6.79 Å². The summed E-state index contributed by atoms with van der Waals surface area (Å²) >= 11 is 5.55. The number of ether oxygens (including phenoxy) is 2. The Balaban J connectivity index is 1.35. The average molecular weight is 342 g/mol. The number of hydrogen-bond donors (Lipinski definition) is 1. The van der Waals surface area contributed by atoms with Crippen molar-refractivity contribution in [3.8, 4) is 11.5 Å². The molecule has 2 aromatic rings. The molecule has 0 saturated carbocycles. The highest BCUT2D eigenvalue weighted by Gasteiger charge is 2.20. The summed E-state index contributed by atoms with van der Waals surface area (Å²) in [5.41, 5.74) is 0.913. The van der Waals surface area contributed by atoms with Gasteiger partial charge in [0.25, 0.3) is 0 Å².